The molecule has 0 aromatic carbocycles. The van der Waals surface area contributed by atoms with Crippen LogP contribution in [0.2, 0.25) is 0 Å². The molecular formula is C10H27N3O3Si. The summed E-state index contributed by atoms with van der Waals surface area (Å²) in [5.74, 6) is 0. The van der Waals surface area contributed by atoms with Crippen molar-refractivity contribution in [2.24, 2.45) is 5.73 Å². The Bertz CT molecular complexity index is 183. The molecule has 2 unspecified atom stereocenters. The Morgan fingerprint density at radius 2 is 1.59 bits per heavy atom. The lowest BCUT2D eigenvalue weighted by molar-refractivity contribution is 0.122. The van der Waals surface area contributed by atoms with E-state index in [9.17, 15) is 0 Å². The van der Waals surface area contributed by atoms with Crippen molar-refractivity contribution in [2.75, 3.05) is 40.6 Å². The molecule has 4 N–H and O–H groups in total. The summed E-state index contributed by atoms with van der Waals surface area (Å²) >= 11 is 0. The smallest absolute Gasteiger partial charge is 0.376 e. The molecule has 0 aromatic heterocycles. The van der Waals surface area contributed by atoms with E-state index in [-0.39, 0.29) is 6.04 Å². The van der Waals surface area contributed by atoms with Crippen LogP contribution in [-0.4, -0.2) is 61.5 Å². The van der Waals surface area contributed by atoms with Crippen LogP contribution >= 0.6 is 0 Å². The van der Waals surface area contributed by atoms with Gasteiger partial charge in [0.2, 0.25) is 0 Å². The summed E-state index contributed by atoms with van der Waals surface area (Å²) < 4.78 is 15.9. The zero-order valence-corrected chi connectivity index (χ0v) is 12.6. The largest absolute Gasteiger partial charge is 0.514 e. The van der Waals surface area contributed by atoms with Crippen LogP contribution in [0.4, 0.5) is 0 Å². The molecular weight excluding hydrogens is 238 g/mol. The Labute approximate surface area is 106 Å². The van der Waals surface area contributed by atoms with E-state index < -0.39 is 8.80 Å². The fraction of sp³-hybridized carbons (Fsp3) is 1.00. The third kappa shape index (κ3) is 7.09. The monoisotopic (exact) mass is 265 g/mol. The molecule has 0 heterocycles. The van der Waals surface area contributed by atoms with Gasteiger partial charge in [0.05, 0.1) is 6.17 Å². The lowest BCUT2D eigenvalue weighted by Gasteiger charge is -2.25. The van der Waals surface area contributed by atoms with Crippen LogP contribution in [0.15, 0.2) is 0 Å². The van der Waals surface area contributed by atoms with Crippen molar-refractivity contribution in [2.45, 2.75) is 25.9 Å². The van der Waals surface area contributed by atoms with Crippen LogP contribution in [0.25, 0.3) is 0 Å². The molecule has 0 radical (unpaired) electrons. The van der Waals surface area contributed by atoms with Gasteiger partial charge in [-0.25, -0.2) is 0 Å². The minimum Gasteiger partial charge on any atom is -0.376 e. The average molecular weight is 265 g/mol. The predicted octanol–water partition coefficient (Wildman–Crippen LogP) is -0.681. The van der Waals surface area contributed by atoms with Gasteiger partial charge >= 0.3 is 8.80 Å². The van der Waals surface area contributed by atoms with Gasteiger partial charge in [-0.05, 0) is 13.8 Å². The zero-order valence-electron chi connectivity index (χ0n) is 11.6. The van der Waals surface area contributed by atoms with Crippen LogP contribution in [0.1, 0.15) is 13.8 Å². The van der Waals surface area contributed by atoms with Crippen molar-refractivity contribution in [1.29, 1.82) is 0 Å². The van der Waals surface area contributed by atoms with Gasteiger partial charge in [-0.1, -0.05) is 0 Å². The molecule has 0 amide bonds. The van der Waals surface area contributed by atoms with Gasteiger partial charge in [0.15, 0.2) is 0 Å². The molecule has 0 aromatic rings. The Morgan fingerprint density at radius 3 is 2.00 bits per heavy atom. The molecule has 104 valence electrons. The quantitative estimate of drug-likeness (QED) is 0.454. The molecule has 17 heavy (non-hydrogen) atoms. The summed E-state index contributed by atoms with van der Waals surface area (Å²) in [7, 11) is 2.34. The third-order valence-electron chi connectivity index (χ3n) is 2.51. The minimum absolute atomic E-state index is 0.169. The van der Waals surface area contributed by atoms with Gasteiger partial charge in [0, 0.05) is 46.5 Å². The topological polar surface area (TPSA) is 77.8 Å². The van der Waals surface area contributed by atoms with E-state index in [0.717, 1.165) is 13.1 Å². The average Bonchev–Trinajstić information content (AvgIpc) is 2.33. The van der Waals surface area contributed by atoms with E-state index in [1.165, 1.54) is 0 Å². The standard InChI is InChI=1S/C10H27N3O3Si/c1-9(11)6-13-10(2)7-12-8-17(14-3,15-4)16-5/h9-10,12-13H,6-8,11H2,1-5H3. The number of nitrogens with one attached hydrogen (secondary N) is 2. The number of nitrogens with two attached hydrogens (primary N) is 1. The number of rotatable bonds is 10. The zero-order chi connectivity index (χ0) is 13.3. The van der Waals surface area contributed by atoms with Crippen LogP contribution < -0.4 is 16.4 Å². The first-order valence-corrected chi connectivity index (χ1v) is 7.78. The van der Waals surface area contributed by atoms with Crippen LogP contribution in [0.5, 0.6) is 0 Å². The highest BCUT2D eigenvalue weighted by molar-refractivity contribution is 6.60. The highest BCUT2D eigenvalue weighted by Crippen LogP contribution is 2.03. The maximum Gasteiger partial charge on any atom is 0.514 e. The Balaban J connectivity index is 3.80. The molecule has 0 bridgehead atoms. The van der Waals surface area contributed by atoms with Gasteiger partial charge in [-0.15, -0.1) is 0 Å². The summed E-state index contributed by atoms with van der Waals surface area (Å²) in [4.78, 5) is 0. The van der Waals surface area contributed by atoms with E-state index in [2.05, 4.69) is 17.6 Å². The molecule has 0 saturated heterocycles. The van der Waals surface area contributed by atoms with Crippen molar-refractivity contribution in [3.05, 3.63) is 0 Å². The van der Waals surface area contributed by atoms with E-state index in [1.807, 2.05) is 6.92 Å². The Morgan fingerprint density at radius 1 is 1.06 bits per heavy atom. The lowest BCUT2D eigenvalue weighted by Crippen LogP contribution is -2.54. The molecule has 0 spiro atoms. The summed E-state index contributed by atoms with van der Waals surface area (Å²) in [6.07, 6.45) is 0.598. The van der Waals surface area contributed by atoms with Crippen molar-refractivity contribution < 1.29 is 13.3 Å². The highest BCUT2D eigenvalue weighted by atomic mass is 28.4. The van der Waals surface area contributed by atoms with E-state index >= 15 is 0 Å². The van der Waals surface area contributed by atoms with Crippen molar-refractivity contribution in [3.63, 3.8) is 0 Å². The summed E-state index contributed by atoms with van der Waals surface area (Å²) in [5, 5.41) is 6.61. The van der Waals surface area contributed by atoms with Crippen molar-refractivity contribution in [3.8, 4) is 0 Å². The second-order valence-corrected chi connectivity index (χ2v) is 7.16. The molecule has 0 aliphatic heterocycles. The second kappa shape index (κ2) is 8.98. The Kier molecular flexibility index (Phi) is 8.97. The van der Waals surface area contributed by atoms with E-state index in [0.29, 0.717) is 12.2 Å². The third-order valence-corrected chi connectivity index (χ3v) is 5.06. The summed E-state index contributed by atoms with van der Waals surface area (Å²) in [5.41, 5.74) is 5.67. The molecule has 0 fully saturated rings. The summed E-state index contributed by atoms with van der Waals surface area (Å²) in [6.45, 7) is 5.71. The lowest BCUT2D eigenvalue weighted by atomic mass is 10.3. The maximum atomic E-state index is 5.67. The van der Waals surface area contributed by atoms with Crippen LogP contribution in [-0.2, 0) is 13.3 Å². The highest BCUT2D eigenvalue weighted by Gasteiger charge is 2.37. The van der Waals surface area contributed by atoms with E-state index in [1.54, 1.807) is 21.3 Å². The minimum atomic E-state index is -2.49. The van der Waals surface area contributed by atoms with Gasteiger partial charge in [-0.2, -0.15) is 0 Å². The first kappa shape index (κ1) is 17.0. The number of hydrogen-bond acceptors (Lipinski definition) is 6. The van der Waals surface area contributed by atoms with Gasteiger partial charge in [-0.3, -0.25) is 0 Å². The maximum absolute atomic E-state index is 5.67. The first-order chi connectivity index (χ1) is 7.99. The molecule has 0 rings (SSSR count). The first-order valence-electron chi connectivity index (χ1n) is 5.84. The fourth-order valence-electron chi connectivity index (χ4n) is 1.37. The normalized spacial score (nSPS) is 15.9. The van der Waals surface area contributed by atoms with Crippen molar-refractivity contribution in [1.82, 2.24) is 10.6 Å². The molecule has 0 aliphatic rings. The fourth-order valence-corrected chi connectivity index (χ4v) is 2.75. The molecule has 0 saturated carbocycles. The van der Waals surface area contributed by atoms with Gasteiger partial charge in [0.1, 0.15) is 0 Å². The second-order valence-electron chi connectivity index (χ2n) is 4.21. The van der Waals surface area contributed by atoms with E-state index in [4.69, 9.17) is 19.0 Å². The molecule has 6 nitrogen and oxygen atoms in total. The van der Waals surface area contributed by atoms with Crippen LogP contribution in [0.3, 0.4) is 0 Å². The predicted molar refractivity (Wildman–Crippen MR) is 70.8 cm³/mol. The summed E-state index contributed by atoms with van der Waals surface area (Å²) in [6, 6.07) is 0.515. The molecule has 0 aliphatic carbocycles. The molecule has 2 atom stereocenters. The number of hydrogen-bond donors (Lipinski definition) is 3. The van der Waals surface area contributed by atoms with Crippen LogP contribution in [0, 0.1) is 0 Å². The SMILES string of the molecule is CO[Si](CNCC(C)NCC(C)N)(OC)OC. The van der Waals surface area contributed by atoms with Gasteiger partial charge in [0.25, 0.3) is 0 Å². The van der Waals surface area contributed by atoms with Gasteiger partial charge < -0.3 is 29.6 Å². The van der Waals surface area contributed by atoms with Crippen molar-refractivity contribution >= 4 is 8.80 Å². The molecule has 7 heteroatoms. The Hall–Kier alpha value is -0.0231.